The first-order chi connectivity index (χ1) is 9.18. The van der Waals surface area contributed by atoms with Crippen LogP contribution in [0.1, 0.15) is 24.1 Å². The van der Waals surface area contributed by atoms with E-state index in [2.05, 4.69) is 79.8 Å². The van der Waals surface area contributed by atoms with Crippen LogP contribution < -0.4 is 5.32 Å². The maximum absolute atomic E-state index is 3.48. The molecule has 0 radical (unpaired) electrons. The number of hydrogen-bond donors (Lipinski definition) is 1. The summed E-state index contributed by atoms with van der Waals surface area (Å²) in [5, 5.41) is 3.48. The van der Waals surface area contributed by atoms with E-state index in [1.165, 1.54) is 11.1 Å². The number of para-hydroxylation sites is 1. The van der Waals surface area contributed by atoms with E-state index < -0.39 is 0 Å². The van der Waals surface area contributed by atoms with E-state index in [4.69, 9.17) is 0 Å². The van der Waals surface area contributed by atoms with Crippen molar-refractivity contribution >= 4 is 5.69 Å². The Morgan fingerprint density at radius 2 is 1.58 bits per heavy atom. The first-order valence-corrected chi connectivity index (χ1v) is 6.71. The Labute approximate surface area is 116 Å². The van der Waals surface area contributed by atoms with Gasteiger partial charge in [-0.3, -0.25) is 0 Å². The molecule has 1 N–H and O–H groups in total. The van der Waals surface area contributed by atoms with Gasteiger partial charge in [0.1, 0.15) is 0 Å². The van der Waals surface area contributed by atoms with Crippen LogP contribution >= 0.6 is 0 Å². The first-order valence-electron chi connectivity index (χ1n) is 6.71. The quantitative estimate of drug-likeness (QED) is 0.870. The standard InChI is InChI=1S/C17H22N2/c1-14(19(2)3)17-12-8-7-9-15(17)13-18-16-10-5-4-6-11-16/h4-12,14,18H,13H2,1-3H3. The monoisotopic (exact) mass is 254 g/mol. The molecule has 0 aliphatic carbocycles. The van der Waals surface area contributed by atoms with E-state index in [-0.39, 0.29) is 0 Å². The van der Waals surface area contributed by atoms with Gasteiger partial charge in [-0.05, 0) is 44.3 Å². The Bertz CT molecular complexity index is 506. The molecule has 2 nitrogen and oxygen atoms in total. The minimum absolute atomic E-state index is 0.425. The van der Waals surface area contributed by atoms with Crippen molar-refractivity contribution in [3.05, 3.63) is 65.7 Å². The molecule has 2 aromatic rings. The Morgan fingerprint density at radius 3 is 2.26 bits per heavy atom. The van der Waals surface area contributed by atoms with E-state index in [0.717, 1.165) is 12.2 Å². The third-order valence-electron chi connectivity index (χ3n) is 3.54. The highest BCUT2D eigenvalue weighted by Crippen LogP contribution is 2.22. The molecule has 2 rings (SSSR count). The Hall–Kier alpha value is -1.80. The second-order valence-corrected chi connectivity index (χ2v) is 5.06. The maximum atomic E-state index is 3.48. The lowest BCUT2D eigenvalue weighted by Gasteiger charge is -2.23. The number of rotatable bonds is 5. The fourth-order valence-corrected chi connectivity index (χ4v) is 2.13. The first kappa shape index (κ1) is 13.6. The van der Waals surface area contributed by atoms with Crippen molar-refractivity contribution in [2.45, 2.75) is 19.5 Å². The molecule has 0 spiro atoms. The lowest BCUT2D eigenvalue weighted by atomic mass is 10.0. The molecular formula is C17H22N2. The third kappa shape index (κ3) is 3.58. The van der Waals surface area contributed by atoms with Crippen LogP contribution in [0.3, 0.4) is 0 Å². The van der Waals surface area contributed by atoms with Gasteiger partial charge in [-0.2, -0.15) is 0 Å². The van der Waals surface area contributed by atoms with Gasteiger partial charge >= 0.3 is 0 Å². The summed E-state index contributed by atoms with van der Waals surface area (Å²) in [5.41, 5.74) is 3.90. The maximum Gasteiger partial charge on any atom is 0.0404 e. The molecule has 0 amide bonds. The van der Waals surface area contributed by atoms with E-state index in [9.17, 15) is 0 Å². The summed E-state index contributed by atoms with van der Waals surface area (Å²) in [6, 6.07) is 19.4. The summed E-state index contributed by atoms with van der Waals surface area (Å²) in [4.78, 5) is 2.24. The SMILES string of the molecule is CC(c1ccccc1CNc1ccccc1)N(C)C. The van der Waals surface area contributed by atoms with Crippen LogP contribution in [0, 0.1) is 0 Å². The molecule has 2 aromatic carbocycles. The Balaban J connectivity index is 2.12. The highest BCUT2D eigenvalue weighted by Gasteiger charge is 2.11. The molecule has 1 unspecified atom stereocenters. The van der Waals surface area contributed by atoms with Gasteiger partial charge in [-0.1, -0.05) is 42.5 Å². The fraction of sp³-hybridized carbons (Fsp3) is 0.294. The van der Waals surface area contributed by atoms with Gasteiger partial charge in [0.05, 0.1) is 0 Å². The molecular weight excluding hydrogens is 232 g/mol. The molecule has 19 heavy (non-hydrogen) atoms. The van der Waals surface area contributed by atoms with Crippen LogP contribution in [-0.4, -0.2) is 19.0 Å². The van der Waals surface area contributed by atoms with Crippen LogP contribution in [0.25, 0.3) is 0 Å². The van der Waals surface area contributed by atoms with Crippen LogP contribution in [0.4, 0.5) is 5.69 Å². The van der Waals surface area contributed by atoms with Crippen molar-refractivity contribution in [1.82, 2.24) is 4.90 Å². The highest BCUT2D eigenvalue weighted by atomic mass is 15.1. The highest BCUT2D eigenvalue weighted by molar-refractivity contribution is 5.44. The molecule has 1 atom stereocenters. The number of benzene rings is 2. The number of nitrogens with one attached hydrogen (secondary N) is 1. The second-order valence-electron chi connectivity index (χ2n) is 5.06. The van der Waals surface area contributed by atoms with Gasteiger partial charge in [0.2, 0.25) is 0 Å². The topological polar surface area (TPSA) is 15.3 Å². The number of nitrogens with zero attached hydrogens (tertiary/aromatic N) is 1. The predicted octanol–water partition coefficient (Wildman–Crippen LogP) is 3.92. The van der Waals surface area contributed by atoms with Gasteiger partial charge in [0.15, 0.2) is 0 Å². The van der Waals surface area contributed by atoms with Crippen LogP contribution in [-0.2, 0) is 6.54 Å². The summed E-state index contributed by atoms with van der Waals surface area (Å²) >= 11 is 0. The van der Waals surface area contributed by atoms with Crippen LogP contribution in [0.5, 0.6) is 0 Å². The molecule has 0 aromatic heterocycles. The largest absolute Gasteiger partial charge is 0.381 e. The summed E-state index contributed by atoms with van der Waals surface area (Å²) < 4.78 is 0. The van der Waals surface area contributed by atoms with Crippen molar-refractivity contribution in [3.63, 3.8) is 0 Å². The summed E-state index contributed by atoms with van der Waals surface area (Å²) in [6.45, 7) is 3.10. The summed E-state index contributed by atoms with van der Waals surface area (Å²) in [5.74, 6) is 0. The van der Waals surface area contributed by atoms with E-state index >= 15 is 0 Å². The zero-order chi connectivity index (χ0) is 13.7. The summed E-state index contributed by atoms with van der Waals surface area (Å²) in [7, 11) is 4.23. The van der Waals surface area contributed by atoms with E-state index in [1.807, 2.05) is 6.07 Å². The van der Waals surface area contributed by atoms with Crippen molar-refractivity contribution in [2.75, 3.05) is 19.4 Å². The predicted molar refractivity (Wildman–Crippen MR) is 82.3 cm³/mol. The minimum atomic E-state index is 0.425. The zero-order valence-corrected chi connectivity index (χ0v) is 11.9. The third-order valence-corrected chi connectivity index (χ3v) is 3.54. The minimum Gasteiger partial charge on any atom is -0.381 e. The molecule has 0 fully saturated rings. The summed E-state index contributed by atoms with van der Waals surface area (Å²) in [6.07, 6.45) is 0. The van der Waals surface area contributed by atoms with Crippen LogP contribution in [0.2, 0.25) is 0 Å². The van der Waals surface area contributed by atoms with Crippen molar-refractivity contribution < 1.29 is 0 Å². The van der Waals surface area contributed by atoms with Crippen molar-refractivity contribution in [1.29, 1.82) is 0 Å². The molecule has 100 valence electrons. The lowest BCUT2D eigenvalue weighted by molar-refractivity contribution is 0.320. The molecule has 0 aliphatic rings. The van der Waals surface area contributed by atoms with E-state index in [1.54, 1.807) is 0 Å². The molecule has 0 saturated carbocycles. The average Bonchev–Trinajstić information content (AvgIpc) is 2.45. The molecule has 0 heterocycles. The van der Waals surface area contributed by atoms with Crippen molar-refractivity contribution in [2.24, 2.45) is 0 Å². The molecule has 2 heteroatoms. The van der Waals surface area contributed by atoms with Crippen molar-refractivity contribution in [3.8, 4) is 0 Å². The van der Waals surface area contributed by atoms with Gasteiger partial charge in [-0.25, -0.2) is 0 Å². The fourth-order valence-electron chi connectivity index (χ4n) is 2.13. The van der Waals surface area contributed by atoms with Gasteiger partial charge in [0.25, 0.3) is 0 Å². The van der Waals surface area contributed by atoms with Gasteiger partial charge < -0.3 is 10.2 Å². The van der Waals surface area contributed by atoms with Gasteiger partial charge in [0, 0.05) is 18.3 Å². The molecule has 0 saturated heterocycles. The number of anilines is 1. The van der Waals surface area contributed by atoms with Gasteiger partial charge in [-0.15, -0.1) is 0 Å². The number of hydrogen-bond acceptors (Lipinski definition) is 2. The van der Waals surface area contributed by atoms with E-state index in [0.29, 0.717) is 6.04 Å². The molecule has 0 aliphatic heterocycles. The Kier molecular flexibility index (Phi) is 4.58. The normalized spacial score (nSPS) is 12.4. The lowest BCUT2D eigenvalue weighted by Crippen LogP contribution is -2.18. The second kappa shape index (κ2) is 6.39. The zero-order valence-electron chi connectivity index (χ0n) is 11.9. The average molecular weight is 254 g/mol. The Morgan fingerprint density at radius 1 is 0.947 bits per heavy atom. The van der Waals surface area contributed by atoms with Crippen LogP contribution in [0.15, 0.2) is 54.6 Å². The molecule has 0 bridgehead atoms. The smallest absolute Gasteiger partial charge is 0.0404 e.